The van der Waals surface area contributed by atoms with Gasteiger partial charge in [-0.2, -0.15) is 0 Å². The smallest absolute Gasteiger partial charge is 0.338 e. The summed E-state index contributed by atoms with van der Waals surface area (Å²) in [4.78, 5) is 11.4. The second kappa shape index (κ2) is 4.29. The van der Waals surface area contributed by atoms with Crippen molar-refractivity contribution in [1.29, 1.82) is 0 Å². The van der Waals surface area contributed by atoms with E-state index < -0.39 is 0 Å². The number of benzene rings is 1. The summed E-state index contributed by atoms with van der Waals surface area (Å²) in [5.74, 6) is 0.544. The minimum absolute atomic E-state index is 0.328. The highest BCUT2D eigenvalue weighted by Crippen LogP contribution is 2.24. The van der Waals surface area contributed by atoms with Gasteiger partial charge in [0.25, 0.3) is 0 Å². The topological polar surface area (TPSA) is 78.4 Å². The summed E-state index contributed by atoms with van der Waals surface area (Å²) in [5.41, 5.74) is 7.63. The van der Waals surface area contributed by atoms with Crippen molar-refractivity contribution in [2.24, 2.45) is 0 Å². The van der Waals surface area contributed by atoms with Crippen LogP contribution in [-0.4, -0.2) is 18.2 Å². The van der Waals surface area contributed by atoms with Crippen molar-refractivity contribution in [3.05, 3.63) is 35.4 Å². The monoisotopic (exact) mass is 232 g/mol. The predicted octanol–water partition coefficient (Wildman–Crippen LogP) is 2.02. The molecule has 1 heterocycles. The van der Waals surface area contributed by atoms with Crippen LogP contribution >= 0.6 is 0 Å². The molecule has 0 atom stereocenters. The zero-order valence-corrected chi connectivity index (χ0v) is 9.56. The molecule has 0 saturated heterocycles. The molecule has 0 amide bonds. The van der Waals surface area contributed by atoms with Gasteiger partial charge >= 0.3 is 5.97 Å². The first-order chi connectivity index (χ1) is 8.11. The molecule has 0 spiro atoms. The van der Waals surface area contributed by atoms with E-state index in [9.17, 15) is 4.79 Å². The fourth-order valence-corrected chi connectivity index (χ4v) is 1.58. The van der Waals surface area contributed by atoms with Crippen molar-refractivity contribution in [2.45, 2.75) is 6.92 Å². The first-order valence-corrected chi connectivity index (χ1v) is 5.03. The maximum absolute atomic E-state index is 11.4. The number of methoxy groups -OCH3 is 1. The predicted molar refractivity (Wildman–Crippen MR) is 62.4 cm³/mol. The van der Waals surface area contributed by atoms with Crippen LogP contribution in [0.1, 0.15) is 15.9 Å². The zero-order chi connectivity index (χ0) is 12.4. The summed E-state index contributed by atoms with van der Waals surface area (Å²) in [5, 5.41) is 3.61. The van der Waals surface area contributed by atoms with Crippen LogP contribution in [0, 0.1) is 6.92 Å². The Morgan fingerprint density at radius 3 is 2.71 bits per heavy atom. The van der Waals surface area contributed by atoms with Gasteiger partial charge in [0.05, 0.1) is 12.7 Å². The Kier molecular flexibility index (Phi) is 2.82. The fraction of sp³-hybridized carbons (Fsp3) is 0.167. The van der Waals surface area contributed by atoms with Gasteiger partial charge in [-0.25, -0.2) is 4.79 Å². The average molecular weight is 232 g/mol. The summed E-state index contributed by atoms with van der Waals surface area (Å²) in [6, 6.07) is 6.91. The van der Waals surface area contributed by atoms with Crippen LogP contribution in [0.4, 0.5) is 5.82 Å². The first-order valence-electron chi connectivity index (χ1n) is 5.03. The maximum atomic E-state index is 11.4. The molecule has 88 valence electrons. The van der Waals surface area contributed by atoms with Gasteiger partial charge in [-0.3, -0.25) is 0 Å². The molecule has 1 aromatic heterocycles. The molecule has 0 fully saturated rings. The van der Waals surface area contributed by atoms with Crippen LogP contribution in [0.15, 0.2) is 28.8 Å². The molecule has 5 nitrogen and oxygen atoms in total. The van der Waals surface area contributed by atoms with Gasteiger partial charge in [-0.15, -0.1) is 0 Å². The van der Waals surface area contributed by atoms with Crippen LogP contribution in [0.3, 0.4) is 0 Å². The van der Waals surface area contributed by atoms with E-state index in [0.29, 0.717) is 17.1 Å². The second-order valence-corrected chi connectivity index (χ2v) is 3.64. The molecule has 0 unspecified atom stereocenters. The number of carbonyl (C=O) groups excluding carboxylic acids is 1. The van der Waals surface area contributed by atoms with Gasteiger partial charge in [0.1, 0.15) is 0 Å². The Labute approximate surface area is 98.2 Å². The van der Waals surface area contributed by atoms with Crippen molar-refractivity contribution < 1.29 is 14.1 Å². The van der Waals surface area contributed by atoms with Crippen LogP contribution in [-0.2, 0) is 4.74 Å². The average Bonchev–Trinajstić information content (AvgIpc) is 2.75. The SMILES string of the molecule is COC(=O)c1ccc(-c2cc(N)no2)cc1C. The van der Waals surface area contributed by atoms with E-state index >= 15 is 0 Å². The van der Waals surface area contributed by atoms with E-state index in [-0.39, 0.29) is 5.97 Å². The Morgan fingerprint density at radius 2 is 2.18 bits per heavy atom. The lowest BCUT2D eigenvalue weighted by molar-refractivity contribution is 0.0600. The summed E-state index contributed by atoms with van der Waals surface area (Å²) < 4.78 is 9.71. The minimum atomic E-state index is -0.355. The molecule has 0 saturated carbocycles. The third-order valence-electron chi connectivity index (χ3n) is 2.44. The largest absolute Gasteiger partial charge is 0.465 e. The van der Waals surface area contributed by atoms with Gasteiger partial charge in [-0.1, -0.05) is 11.2 Å². The standard InChI is InChI=1S/C12H12N2O3/c1-7-5-8(10-6-11(13)14-17-10)3-4-9(7)12(15)16-2/h3-6H,1-2H3,(H2,13,14). The Hall–Kier alpha value is -2.30. The summed E-state index contributed by atoms with van der Waals surface area (Å²) in [6.45, 7) is 1.83. The lowest BCUT2D eigenvalue weighted by Crippen LogP contribution is -2.03. The number of rotatable bonds is 2. The highest BCUT2D eigenvalue weighted by Gasteiger charge is 2.11. The fourth-order valence-electron chi connectivity index (χ4n) is 1.58. The Balaban J connectivity index is 2.40. The van der Waals surface area contributed by atoms with Crippen LogP contribution in [0.5, 0.6) is 0 Å². The van der Waals surface area contributed by atoms with Crippen molar-refractivity contribution in [3.63, 3.8) is 0 Å². The van der Waals surface area contributed by atoms with Gasteiger partial charge in [0.15, 0.2) is 11.6 Å². The molecule has 0 radical (unpaired) electrons. The molecule has 0 bridgehead atoms. The molecule has 0 aliphatic heterocycles. The number of aryl methyl sites for hydroxylation is 1. The Morgan fingerprint density at radius 1 is 1.41 bits per heavy atom. The van der Waals surface area contributed by atoms with Crippen molar-refractivity contribution in [1.82, 2.24) is 5.16 Å². The lowest BCUT2D eigenvalue weighted by atomic mass is 10.0. The molecule has 0 aliphatic rings. The number of hydrogen-bond donors (Lipinski definition) is 1. The van der Waals surface area contributed by atoms with Crippen LogP contribution < -0.4 is 5.73 Å². The van der Waals surface area contributed by atoms with Crippen molar-refractivity contribution in [3.8, 4) is 11.3 Å². The number of anilines is 1. The number of aromatic nitrogens is 1. The number of nitrogens with two attached hydrogens (primary N) is 1. The lowest BCUT2D eigenvalue weighted by Gasteiger charge is -2.04. The van der Waals surface area contributed by atoms with E-state index in [1.165, 1.54) is 7.11 Å². The summed E-state index contributed by atoms with van der Waals surface area (Å²) >= 11 is 0. The first kappa shape index (κ1) is 11.2. The minimum Gasteiger partial charge on any atom is -0.465 e. The molecular formula is C12H12N2O3. The maximum Gasteiger partial charge on any atom is 0.338 e. The van der Waals surface area contributed by atoms with Crippen molar-refractivity contribution in [2.75, 3.05) is 12.8 Å². The number of carbonyl (C=O) groups is 1. The molecule has 17 heavy (non-hydrogen) atoms. The molecule has 1 aromatic carbocycles. The number of nitrogen functional groups attached to an aromatic ring is 1. The molecule has 2 N–H and O–H groups in total. The van der Waals surface area contributed by atoms with Gasteiger partial charge < -0.3 is 15.0 Å². The number of ether oxygens (including phenoxy) is 1. The highest BCUT2D eigenvalue weighted by atomic mass is 16.5. The number of hydrogen-bond acceptors (Lipinski definition) is 5. The third kappa shape index (κ3) is 2.13. The summed E-state index contributed by atoms with van der Waals surface area (Å²) in [7, 11) is 1.35. The zero-order valence-electron chi connectivity index (χ0n) is 9.56. The molecule has 5 heteroatoms. The quantitative estimate of drug-likeness (QED) is 0.801. The third-order valence-corrected chi connectivity index (χ3v) is 2.44. The normalized spacial score (nSPS) is 10.2. The second-order valence-electron chi connectivity index (χ2n) is 3.64. The van der Waals surface area contributed by atoms with Crippen LogP contribution in [0.25, 0.3) is 11.3 Å². The number of esters is 1. The molecule has 2 rings (SSSR count). The van der Waals surface area contributed by atoms with Crippen molar-refractivity contribution >= 4 is 11.8 Å². The molecular weight excluding hydrogens is 220 g/mol. The highest BCUT2D eigenvalue weighted by molar-refractivity contribution is 5.91. The Bertz CT molecular complexity index is 561. The summed E-state index contributed by atoms with van der Waals surface area (Å²) in [6.07, 6.45) is 0. The molecule has 0 aliphatic carbocycles. The van der Waals surface area contributed by atoms with Gasteiger partial charge in [0, 0.05) is 11.6 Å². The van der Waals surface area contributed by atoms with E-state index in [0.717, 1.165) is 11.1 Å². The molecule has 2 aromatic rings. The van der Waals surface area contributed by atoms with E-state index in [1.807, 2.05) is 13.0 Å². The van der Waals surface area contributed by atoms with E-state index in [4.69, 9.17) is 10.3 Å². The van der Waals surface area contributed by atoms with Gasteiger partial charge in [0.2, 0.25) is 0 Å². The van der Waals surface area contributed by atoms with Gasteiger partial charge in [-0.05, 0) is 24.6 Å². The number of nitrogens with zero attached hydrogens (tertiary/aromatic N) is 1. The van der Waals surface area contributed by atoms with Crippen LogP contribution in [0.2, 0.25) is 0 Å². The van der Waals surface area contributed by atoms with E-state index in [2.05, 4.69) is 9.89 Å². The van der Waals surface area contributed by atoms with E-state index in [1.54, 1.807) is 18.2 Å².